The van der Waals surface area contributed by atoms with E-state index in [1.54, 1.807) is 0 Å². The molecule has 0 N–H and O–H groups in total. The van der Waals surface area contributed by atoms with E-state index in [1.807, 2.05) is 0 Å². The molecule has 0 amide bonds. The van der Waals surface area contributed by atoms with Crippen molar-refractivity contribution in [3.8, 4) is 0 Å². The summed E-state index contributed by atoms with van der Waals surface area (Å²) < 4.78 is 37.4. The summed E-state index contributed by atoms with van der Waals surface area (Å²) in [7, 11) is 0. The van der Waals surface area contributed by atoms with Gasteiger partial charge in [0.1, 0.15) is 12.7 Å². The van der Waals surface area contributed by atoms with Crippen molar-refractivity contribution in [2.45, 2.75) is 24.9 Å². The van der Waals surface area contributed by atoms with Crippen molar-refractivity contribution in [2.24, 2.45) is 20.0 Å². The predicted octanol–water partition coefficient (Wildman–Crippen LogP) is 1.07. The van der Waals surface area contributed by atoms with Crippen molar-refractivity contribution in [3.05, 3.63) is 0 Å². The van der Waals surface area contributed by atoms with Gasteiger partial charge in [-0.3, -0.25) is 0 Å². The zero-order valence-electron chi connectivity index (χ0n) is 11.9. The van der Waals surface area contributed by atoms with Gasteiger partial charge in [-0.05, 0) is 0 Å². The summed E-state index contributed by atoms with van der Waals surface area (Å²) >= 11 is 0. The monoisotopic (exact) mass is 334 g/mol. The molecule has 11 heteroatoms. The van der Waals surface area contributed by atoms with Gasteiger partial charge in [-0.1, -0.05) is 0 Å². The highest BCUT2D eigenvalue weighted by Crippen LogP contribution is 2.17. The molecule has 0 heterocycles. The third-order valence-corrected chi connectivity index (χ3v) is 2.00. The molecule has 0 aliphatic heterocycles. The molecule has 0 aliphatic carbocycles. The van der Waals surface area contributed by atoms with Crippen LogP contribution in [-0.2, 0) is 19.2 Å². The lowest BCUT2D eigenvalue weighted by molar-refractivity contribution is 0.00543. The Balaban J connectivity index is 0. The summed E-state index contributed by atoms with van der Waals surface area (Å²) in [6.45, 7) is -1.35. The molecule has 0 aromatic carbocycles. The largest absolute Gasteiger partial charge is 0.269 e. The van der Waals surface area contributed by atoms with Crippen LogP contribution in [0.25, 0.3) is 0 Å². The van der Waals surface area contributed by atoms with Gasteiger partial charge < -0.3 is 0 Å². The standard InChI is InChI=1S/C6H6F2N2O2.C6H7FN2O2/c7-6(8,3-10-5-12)1-2-9-4-11;7-6(3-9-5-11)1-2-8-4-10/h1-3H2;6H,1-3H2. The van der Waals surface area contributed by atoms with E-state index in [-0.39, 0.29) is 26.1 Å². The highest BCUT2D eigenvalue weighted by atomic mass is 19.3. The summed E-state index contributed by atoms with van der Waals surface area (Å²) in [5.74, 6) is -3.10. The third-order valence-electron chi connectivity index (χ3n) is 2.00. The lowest BCUT2D eigenvalue weighted by atomic mass is 10.2. The molecule has 8 nitrogen and oxygen atoms in total. The topological polar surface area (TPSA) is 118 Å². The van der Waals surface area contributed by atoms with Crippen molar-refractivity contribution in [1.82, 2.24) is 0 Å². The molecule has 126 valence electrons. The normalized spacial score (nSPS) is 10.4. The Morgan fingerprint density at radius 1 is 0.826 bits per heavy atom. The number of alkyl halides is 3. The Morgan fingerprint density at radius 3 is 1.87 bits per heavy atom. The molecule has 0 aliphatic rings. The van der Waals surface area contributed by atoms with E-state index in [0.29, 0.717) is 0 Å². The van der Waals surface area contributed by atoms with Crippen LogP contribution in [0, 0.1) is 0 Å². The lowest BCUT2D eigenvalue weighted by Crippen LogP contribution is -2.21. The molecule has 0 aromatic rings. The molecule has 0 saturated heterocycles. The predicted molar refractivity (Wildman–Crippen MR) is 71.0 cm³/mol. The van der Waals surface area contributed by atoms with Gasteiger partial charge in [0.25, 0.3) is 5.92 Å². The second-order valence-electron chi connectivity index (χ2n) is 3.78. The van der Waals surface area contributed by atoms with Gasteiger partial charge >= 0.3 is 0 Å². The molecule has 0 fully saturated rings. The van der Waals surface area contributed by atoms with Gasteiger partial charge in [-0.2, -0.15) is 4.99 Å². The Labute approximate surface area is 128 Å². The third kappa shape index (κ3) is 19.3. The maximum absolute atomic E-state index is 12.5. The second kappa shape index (κ2) is 15.7. The minimum absolute atomic E-state index is 0.0824. The van der Waals surface area contributed by atoms with E-state index in [4.69, 9.17) is 0 Å². The Kier molecular flexibility index (Phi) is 15.4. The van der Waals surface area contributed by atoms with Crippen molar-refractivity contribution in [3.63, 3.8) is 0 Å². The van der Waals surface area contributed by atoms with Gasteiger partial charge in [0.2, 0.25) is 24.3 Å². The summed E-state index contributed by atoms with van der Waals surface area (Å²) in [5.41, 5.74) is 0. The number of hydrogen-bond donors (Lipinski definition) is 0. The van der Waals surface area contributed by atoms with E-state index in [9.17, 15) is 32.3 Å². The fourth-order valence-corrected chi connectivity index (χ4v) is 0.970. The first-order valence-corrected chi connectivity index (χ1v) is 6.10. The minimum Gasteiger partial charge on any atom is -0.245 e. The average molecular weight is 334 g/mol. The van der Waals surface area contributed by atoms with Crippen LogP contribution in [0.2, 0.25) is 0 Å². The number of rotatable bonds is 10. The van der Waals surface area contributed by atoms with Crippen molar-refractivity contribution >= 4 is 24.3 Å². The van der Waals surface area contributed by atoms with Crippen molar-refractivity contribution < 1.29 is 32.3 Å². The zero-order chi connectivity index (χ0) is 18.0. The molecule has 0 aromatic heterocycles. The lowest BCUT2D eigenvalue weighted by Gasteiger charge is -2.09. The van der Waals surface area contributed by atoms with E-state index in [1.165, 1.54) is 12.2 Å². The zero-order valence-corrected chi connectivity index (χ0v) is 11.9. The van der Waals surface area contributed by atoms with Crippen LogP contribution in [-0.4, -0.2) is 62.6 Å². The molecular weight excluding hydrogens is 321 g/mol. The number of hydrogen-bond acceptors (Lipinski definition) is 8. The molecule has 0 saturated carbocycles. The van der Waals surface area contributed by atoms with Crippen LogP contribution in [0.15, 0.2) is 20.0 Å². The fourth-order valence-electron chi connectivity index (χ4n) is 0.970. The fraction of sp³-hybridized carbons (Fsp3) is 0.667. The Morgan fingerprint density at radius 2 is 1.35 bits per heavy atom. The maximum atomic E-state index is 12.5. The van der Waals surface area contributed by atoms with Crippen molar-refractivity contribution in [1.29, 1.82) is 0 Å². The molecule has 1 unspecified atom stereocenters. The second-order valence-corrected chi connectivity index (χ2v) is 3.78. The first kappa shape index (κ1) is 22.6. The quantitative estimate of drug-likeness (QED) is 0.438. The van der Waals surface area contributed by atoms with Gasteiger partial charge in [-0.15, -0.1) is 0 Å². The summed E-state index contributed by atoms with van der Waals surface area (Å²) in [6.07, 6.45) is 2.86. The summed E-state index contributed by atoms with van der Waals surface area (Å²) in [4.78, 5) is 49.8. The first-order valence-electron chi connectivity index (χ1n) is 6.10. The van der Waals surface area contributed by atoms with Crippen LogP contribution in [0.5, 0.6) is 0 Å². The maximum Gasteiger partial charge on any atom is 0.269 e. The van der Waals surface area contributed by atoms with Crippen LogP contribution in [0.1, 0.15) is 12.8 Å². The Bertz CT molecular complexity index is 518. The van der Waals surface area contributed by atoms with Crippen LogP contribution in [0.4, 0.5) is 13.2 Å². The first-order chi connectivity index (χ1) is 10.9. The molecule has 23 heavy (non-hydrogen) atoms. The molecule has 0 spiro atoms. The minimum atomic E-state index is -3.10. The number of carbonyl (C=O) groups excluding carboxylic acids is 4. The van der Waals surface area contributed by atoms with Gasteiger partial charge in [0, 0.05) is 12.8 Å². The number of nitrogens with zero attached hydrogens (tertiary/aromatic N) is 4. The van der Waals surface area contributed by atoms with E-state index in [2.05, 4.69) is 20.0 Å². The number of halogens is 3. The molecule has 0 rings (SSSR count). The average Bonchev–Trinajstić information content (AvgIpc) is 2.52. The molecular formula is C12H13F3N4O4. The number of aliphatic imine (C=N–C) groups is 4. The molecule has 0 radical (unpaired) electrons. The van der Waals surface area contributed by atoms with Crippen molar-refractivity contribution in [2.75, 3.05) is 26.2 Å². The highest BCUT2D eigenvalue weighted by molar-refractivity contribution is 5.33. The molecule has 1 atom stereocenters. The van der Waals surface area contributed by atoms with E-state index in [0.717, 1.165) is 12.2 Å². The Hall–Kier alpha value is -2.69. The van der Waals surface area contributed by atoms with Crippen LogP contribution in [0.3, 0.4) is 0 Å². The van der Waals surface area contributed by atoms with Crippen LogP contribution >= 0.6 is 0 Å². The van der Waals surface area contributed by atoms with Gasteiger partial charge in [-0.25, -0.2) is 47.3 Å². The highest BCUT2D eigenvalue weighted by Gasteiger charge is 2.27. The van der Waals surface area contributed by atoms with E-state index < -0.39 is 25.1 Å². The summed E-state index contributed by atoms with van der Waals surface area (Å²) in [6, 6.07) is 0. The van der Waals surface area contributed by atoms with Gasteiger partial charge in [0.15, 0.2) is 0 Å². The van der Waals surface area contributed by atoms with Crippen LogP contribution < -0.4 is 0 Å². The van der Waals surface area contributed by atoms with E-state index >= 15 is 0 Å². The SMILES string of the molecule is O=C=NCCC(F)(F)CN=C=O.O=C=NCCC(F)CN=C=O. The smallest absolute Gasteiger partial charge is 0.245 e. The molecule has 0 bridgehead atoms. The number of isocyanates is 4. The summed E-state index contributed by atoms with van der Waals surface area (Å²) in [5, 5.41) is 0. The van der Waals surface area contributed by atoms with Gasteiger partial charge in [0.05, 0.1) is 19.6 Å².